The van der Waals surface area contributed by atoms with Gasteiger partial charge in [0.2, 0.25) is 5.95 Å². The van der Waals surface area contributed by atoms with Gasteiger partial charge in [0.15, 0.2) is 0 Å². The molecule has 1 aromatic carbocycles. The lowest BCUT2D eigenvalue weighted by Crippen LogP contribution is -2.60. The summed E-state index contributed by atoms with van der Waals surface area (Å²) in [5.74, 6) is 0.551. The average Bonchev–Trinajstić information content (AvgIpc) is 3.25. The molecule has 5 rings (SSSR count). The van der Waals surface area contributed by atoms with E-state index >= 15 is 0 Å². The van der Waals surface area contributed by atoms with E-state index in [4.69, 9.17) is 4.74 Å². The number of aromatic nitrogens is 4. The van der Waals surface area contributed by atoms with E-state index in [9.17, 15) is 5.11 Å². The van der Waals surface area contributed by atoms with Crippen molar-refractivity contribution in [2.45, 2.75) is 37.1 Å². The number of hydrogen-bond donors (Lipinski definition) is 1. The fraction of sp³-hybridized carbons (Fsp3) is 0.381. The van der Waals surface area contributed by atoms with Gasteiger partial charge in [0, 0.05) is 49.0 Å². The second-order valence-electron chi connectivity index (χ2n) is 7.68. The topological polar surface area (TPSA) is 76.3 Å². The van der Waals surface area contributed by atoms with E-state index in [1.54, 1.807) is 35.7 Å². The maximum atomic E-state index is 11.5. The van der Waals surface area contributed by atoms with Crippen molar-refractivity contribution in [3.05, 3.63) is 72.6 Å². The van der Waals surface area contributed by atoms with Gasteiger partial charge in [-0.25, -0.2) is 15.0 Å². The number of piperidine rings is 1. The molecule has 2 aliphatic rings. The normalized spacial score (nSPS) is 27.6. The third-order valence-corrected chi connectivity index (χ3v) is 5.82. The third-order valence-electron chi connectivity index (χ3n) is 5.82. The Labute approximate surface area is 163 Å². The van der Waals surface area contributed by atoms with Crippen molar-refractivity contribution in [1.82, 2.24) is 24.4 Å². The van der Waals surface area contributed by atoms with E-state index in [-0.39, 0.29) is 12.1 Å². The van der Waals surface area contributed by atoms with Crippen LogP contribution in [-0.2, 0) is 16.9 Å². The summed E-state index contributed by atoms with van der Waals surface area (Å²) in [6.07, 6.45) is 9.86. The number of morpholine rings is 1. The van der Waals surface area contributed by atoms with Crippen molar-refractivity contribution in [1.29, 1.82) is 0 Å². The monoisotopic (exact) mass is 377 g/mol. The van der Waals surface area contributed by atoms with Crippen LogP contribution in [0.3, 0.4) is 0 Å². The van der Waals surface area contributed by atoms with Crippen LogP contribution in [0.15, 0.2) is 61.4 Å². The molecule has 3 aromatic rings. The molecule has 2 aromatic heterocycles. The van der Waals surface area contributed by atoms with E-state index in [1.807, 2.05) is 6.07 Å². The highest BCUT2D eigenvalue weighted by Crippen LogP contribution is 2.41. The molecule has 2 atom stereocenters. The van der Waals surface area contributed by atoms with Crippen LogP contribution in [0.25, 0.3) is 5.95 Å². The first kappa shape index (κ1) is 17.5. The standard InChI is InChI=1S/C21H23N5O2/c27-21(17-10-23-20(24-11-17)25-7-6-22-15-25)8-18-13-28-14-19(9-21)26(18)12-16-4-2-1-3-5-16/h1-7,10-11,15,18-19,27H,8-9,12-14H2. The molecule has 7 nitrogen and oxygen atoms in total. The Morgan fingerprint density at radius 3 is 2.43 bits per heavy atom. The van der Waals surface area contributed by atoms with Gasteiger partial charge in [0.05, 0.1) is 18.8 Å². The smallest absolute Gasteiger partial charge is 0.234 e. The van der Waals surface area contributed by atoms with Gasteiger partial charge in [0.1, 0.15) is 6.33 Å². The van der Waals surface area contributed by atoms with E-state index in [1.165, 1.54) is 5.56 Å². The Morgan fingerprint density at radius 2 is 1.79 bits per heavy atom. The zero-order valence-corrected chi connectivity index (χ0v) is 15.6. The van der Waals surface area contributed by atoms with Crippen molar-refractivity contribution in [2.24, 2.45) is 0 Å². The van der Waals surface area contributed by atoms with Crippen LogP contribution in [0, 0.1) is 0 Å². The Morgan fingerprint density at radius 1 is 1.07 bits per heavy atom. The molecule has 144 valence electrons. The average molecular weight is 377 g/mol. The molecule has 2 bridgehead atoms. The van der Waals surface area contributed by atoms with Crippen molar-refractivity contribution in [2.75, 3.05) is 13.2 Å². The number of aliphatic hydroxyl groups is 1. The van der Waals surface area contributed by atoms with Gasteiger partial charge in [-0.1, -0.05) is 30.3 Å². The Bertz CT molecular complexity index is 900. The molecule has 2 fully saturated rings. The van der Waals surface area contributed by atoms with Gasteiger partial charge < -0.3 is 9.84 Å². The third kappa shape index (κ3) is 3.22. The molecule has 28 heavy (non-hydrogen) atoms. The van der Waals surface area contributed by atoms with Gasteiger partial charge in [-0.2, -0.15) is 0 Å². The number of hydrogen-bond acceptors (Lipinski definition) is 6. The summed E-state index contributed by atoms with van der Waals surface area (Å²) < 4.78 is 7.56. The minimum absolute atomic E-state index is 0.172. The van der Waals surface area contributed by atoms with Crippen LogP contribution < -0.4 is 0 Å². The summed E-state index contributed by atoms with van der Waals surface area (Å²) in [6, 6.07) is 10.8. The van der Waals surface area contributed by atoms with Crippen LogP contribution in [0.1, 0.15) is 24.0 Å². The fourth-order valence-corrected chi connectivity index (χ4v) is 4.41. The molecular formula is C21H23N5O2. The Hall–Kier alpha value is -2.61. The molecule has 2 saturated heterocycles. The van der Waals surface area contributed by atoms with E-state index in [2.05, 4.69) is 44.1 Å². The molecule has 4 heterocycles. The molecule has 2 aliphatic heterocycles. The zero-order chi connectivity index (χ0) is 19.0. The summed E-state index contributed by atoms with van der Waals surface area (Å²) in [5.41, 5.74) is 1.13. The molecule has 7 heteroatoms. The van der Waals surface area contributed by atoms with Crippen LogP contribution in [0.2, 0.25) is 0 Å². The lowest BCUT2D eigenvalue weighted by Gasteiger charge is -2.51. The molecule has 0 amide bonds. The first-order valence-corrected chi connectivity index (χ1v) is 9.62. The number of fused-ring (bicyclic) bond motifs is 2. The van der Waals surface area contributed by atoms with Crippen molar-refractivity contribution < 1.29 is 9.84 Å². The minimum Gasteiger partial charge on any atom is -0.385 e. The zero-order valence-electron chi connectivity index (χ0n) is 15.6. The predicted molar refractivity (Wildman–Crippen MR) is 103 cm³/mol. The fourth-order valence-electron chi connectivity index (χ4n) is 4.41. The van der Waals surface area contributed by atoms with E-state index in [0.717, 1.165) is 12.1 Å². The second-order valence-corrected chi connectivity index (χ2v) is 7.68. The summed E-state index contributed by atoms with van der Waals surface area (Å²) >= 11 is 0. The van der Waals surface area contributed by atoms with Crippen molar-refractivity contribution >= 4 is 0 Å². The number of nitrogens with zero attached hydrogens (tertiary/aromatic N) is 5. The molecule has 0 spiro atoms. The first-order chi connectivity index (χ1) is 13.7. The number of benzene rings is 1. The first-order valence-electron chi connectivity index (χ1n) is 9.62. The highest BCUT2D eigenvalue weighted by Gasteiger charge is 2.47. The maximum absolute atomic E-state index is 11.5. The predicted octanol–water partition coefficient (Wildman–Crippen LogP) is 1.91. The van der Waals surface area contributed by atoms with Gasteiger partial charge in [0.25, 0.3) is 0 Å². The van der Waals surface area contributed by atoms with Gasteiger partial charge >= 0.3 is 0 Å². The van der Waals surface area contributed by atoms with Gasteiger partial charge in [-0.05, 0) is 18.4 Å². The van der Waals surface area contributed by atoms with Crippen LogP contribution >= 0.6 is 0 Å². The summed E-state index contributed by atoms with van der Waals surface area (Å²) in [7, 11) is 0. The molecule has 0 aliphatic carbocycles. The Balaban J connectivity index is 1.37. The van der Waals surface area contributed by atoms with Crippen LogP contribution in [0.4, 0.5) is 0 Å². The number of rotatable bonds is 4. The minimum atomic E-state index is -0.931. The maximum Gasteiger partial charge on any atom is 0.234 e. The lowest BCUT2D eigenvalue weighted by atomic mass is 9.77. The molecular weight excluding hydrogens is 354 g/mol. The lowest BCUT2D eigenvalue weighted by molar-refractivity contribution is -0.149. The largest absolute Gasteiger partial charge is 0.385 e. The summed E-state index contributed by atoms with van der Waals surface area (Å²) in [5, 5.41) is 11.5. The quantitative estimate of drug-likeness (QED) is 0.749. The molecule has 2 unspecified atom stereocenters. The second kappa shape index (κ2) is 7.09. The highest BCUT2D eigenvalue weighted by atomic mass is 16.5. The van der Waals surface area contributed by atoms with Crippen molar-refractivity contribution in [3.8, 4) is 5.95 Å². The van der Waals surface area contributed by atoms with Crippen LogP contribution in [0.5, 0.6) is 0 Å². The summed E-state index contributed by atoms with van der Waals surface area (Å²) in [6.45, 7) is 2.16. The van der Waals surface area contributed by atoms with E-state index < -0.39 is 5.60 Å². The Kier molecular flexibility index (Phi) is 4.43. The number of ether oxygens (including phenoxy) is 1. The van der Waals surface area contributed by atoms with Gasteiger partial charge in [-0.3, -0.25) is 9.47 Å². The van der Waals surface area contributed by atoms with E-state index in [0.29, 0.717) is 32.0 Å². The molecule has 0 radical (unpaired) electrons. The highest BCUT2D eigenvalue weighted by molar-refractivity contribution is 5.23. The number of imidazole rings is 1. The molecule has 0 saturated carbocycles. The van der Waals surface area contributed by atoms with Crippen molar-refractivity contribution in [3.63, 3.8) is 0 Å². The molecule has 1 N–H and O–H groups in total. The van der Waals surface area contributed by atoms with Crippen LogP contribution in [-0.4, -0.2) is 54.8 Å². The SMILES string of the molecule is OC1(c2cnc(-n3ccnc3)nc2)CC2COCC(C1)N2Cc1ccccc1. The summed E-state index contributed by atoms with van der Waals surface area (Å²) in [4.78, 5) is 15.4. The van der Waals surface area contributed by atoms with Gasteiger partial charge in [-0.15, -0.1) is 0 Å².